The fourth-order valence-corrected chi connectivity index (χ4v) is 1.64. The highest BCUT2D eigenvalue weighted by Gasteiger charge is 2.09. The van der Waals surface area contributed by atoms with Gasteiger partial charge in [0.1, 0.15) is 5.75 Å². The van der Waals surface area contributed by atoms with Gasteiger partial charge in [-0.3, -0.25) is 9.59 Å². The van der Waals surface area contributed by atoms with Crippen molar-refractivity contribution in [3.8, 4) is 5.75 Å². The third-order valence-electron chi connectivity index (χ3n) is 2.61. The summed E-state index contributed by atoms with van der Waals surface area (Å²) >= 11 is 0. The number of Topliss-reactive ketones (excluding diaryl/α,β-unsaturated/α-hetero) is 1. The molecule has 2 aromatic rings. The molecule has 0 aliphatic heterocycles. The van der Waals surface area contributed by atoms with Crippen molar-refractivity contribution >= 4 is 11.7 Å². The molecule has 0 heterocycles. The molecule has 0 aromatic heterocycles. The third-order valence-corrected chi connectivity index (χ3v) is 2.61. The lowest BCUT2D eigenvalue weighted by atomic mass is 10.1. The lowest BCUT2D eigenvalue weighted by molar-refractivity contribution is 0.0904. The van der Waals surface area contributed by atoms with Crippen LogP contribution in [-0.4, -0.2) is 23.3 Å². The van der Waals surface area contributed by atoms with E-state index >= 15 is 0 Å². The van der Waals surface area contributed by atoms with E-state index < -0.39 is 0 Å². The molecule has 2 aromatic carbocycles. The predicted molar refractivity (Wildman–Crippen MR) is 71.2 cm³/mol. The number of hydrogen-bond acceptors (Lipinski definition) is 3. The highest BCUT2D eigenvalue weighted by Crippen LogP contribution is 2.10. The Kier molecular flexibility index (Phi) is 3.93. The van der Waals surface area contributed by atoms with E-state index in [0.29, 0.717) is 11.1 Å². The Hall–Kier alpha value is -2.62. The van der Waals surface area contributed by atoms with Gasteiger partial charge in [0, 0.05) is 11.1 Å². The summed E-state index contributed by atoms with van der Waals surface area (Å²) in [6.07, 6.45) is 0. The number of amides is 1. The van der Waals surface area contributed by atoms with Crippen LogP contribution >= 0.6 is 0 Å². The number of benzene rings is 2. The van der Waals surface area contributed by atoms with Gasteiger partial charge in [-0.05, 0) is 18.2 Å². The molecule has 0 aliphatic rings. The molecule has 19 heavy (non-hydrogen) atoms. The van der Waals surface area contributed by atoms with Gasteiger partial charge in [-0.1, -0.05) is 36.4 Å². The monoisotopic (exact) mass is 255 g/mol. The Balaban J connectivity index is 1.96. The van der Waals surface area contributed by atoms with Crippen molar-refractivity contribution in [2.45, 2.75) is 0 Å². The predicted octanol–water partition coefficient (Wildman–Crippen LogP) is 2.00. The summed E-state index contributed by atoms with van der Waals surface area (Å²) in [4.78, 5) is 23.5. The van der Waals surface area contributed by atoms with Crippen LogP contribution in [0.25, 0.3) is 0 Å². The van der Waals surface area contributed by atoms with Gasteiger partial charge >= 0.3 is 0 Å². The van der Waals surface area contributed by atoms with Crippen LogP contribution in [-0.2, 0) is 0 Å². The summed E-state index contributed by atoms with van der Waals surface area (Å²) in [5, 5.41) is 11.8. The van der Waals surface area contributed by atoms with E-state index in [-0.39, 0.29) is 24.0 Å². The number of aromatic hydroxyl groups is 1. The fraction of sp³-hybridized carbons (Fsp3) is 0.0667. The largest absolute Gasteiger partial charge is 0.508 e. The number of rotatable bonds is 4. The average Bonchev–Trinajstić information content (AvgIpc) is 2.45. The molecular weight excluding hydrogens is 242 g/mol. The van der Waals surface area contributed by atoms with Crippen LogP contribution in [0.4, 0.5) is 0 Å². The SMILES string of the molecule is O=C(CNC(=O)c1cccc(O)c1)c1ccccc1. The lowest BCUT2D eigenvalue weighted by Crippen LogP contribution is -2.29. The Morgan fingerprint density at radius 1 is 0.947 bits per heavy atom. The molecular formula is C15H13NO3. The number of ketones is 1. The zero-order valence-electron chi connectivity index (χ0n) is 10.2. The molecule has 0 saturated carbocycles. The topological polar surface area (TPSA) is 66.4 Å². The molecule has 0 bridgehead atoms. The first kappa shape index (κ1) is 12.8. The molecule has 1 amide bonds. The molecule has 0 saturated heterocycles. The molecule has 0 aliphatic carbocycles. The van der Waals surface area contributed by atoms with Crippen molar-refractivity contribution in [3.05, 3.63) is 65.7 Å². The molecule has 4 nitrogen and oxygen atoms in total. The quantitative estimate of drug-likeness (QED) is 0.821. The second-order valence-corrected chi connectivity index (χ2v) is 4.02. The average molecular weight is 255 g/mol. The first-order valence-electron chi connectivity index (χ1n) is 5.82. The van der Waals surface area contributed by atoms with E-state index in [2.05, 4.69) is 5.32 Å². The van der Waals surface area contributed by atoms with Crippen LogP contribution < -0.4 is 5.32 Å². The Bertz CT molecular complexity index is 593. The Labute approximate surface area is 110 Å². The third kappa shape index (κ3) is 3.42. The van der Waals surface area contributed by atoms with Gasteiger partial charge in [-0.2, -0.15) is 0 Å². The van der Waals surface area contributed by atoms with Gasteiger partial charge in [0.05, 0.1) is 6.54 Å². The summed E-state index contributed by atoms with van der Waals surface area (Å²) < 4.78 is 0. The van der Waals surface area contributed by atoms with Gasteiger partial charge in [0.2, 0.25) is 0 Å². The highest BCUT2D eigenvalue weighted by molar-refractivity contribution is 6.02. The van der Waals surface area contributed by atoms with Crippen molar-refractivity contribution in [2.24, 2.45) is 0 Å². The molecule has 0 fully saturated rings. The minimum Gasteiger partial charge on any atom is -0.508 e. The minimum absolute atomic E-state index is 0.0158. The smallest absolute Gasteiger partial charge is 0.251 e. The van der Waals surface area contributed by atoms with E-state index in [1.807, 2.05) is 6.07 Å². The van der Waals surface area contributed by atoms with Crippen molar-refractivity contribution in [2.75, 3.05) is 6.54 Å². The van der Waals surface area contributed by atoms with Gasteiger partial charge in [0.25, 0.3) is 5.91 Å². The first-order chi connectivity index (χ1) is 9.16. The minimum atomic E-state index is -0.389. The van der Waals surface area contributed by atoms with E-state index in [4.69, 9.17) is 0 Å². The van der Waals surface area contributed by atoms with Crippen LogP contribution in [0, 0.1) is 0 Å². The number of phenols is 1. The molecule has 2 rings (SSSR count). The molecule has 96 valence electrons. The molecule has 0 atom stereocenters. The maximum absolute atomic E-state index is 11.8. The van der Waals surface area contributed by atoms with E-state index in [9.17, 15) is 14.7 Å². The zero-order valence-corrected chi connectivity index (χ0v) is 10.2. The lowest BCUT2D eigenvalue weighted by Gasteiger charge is -2.05. The number of nitrogens with one attached hydrogen (secondary N) is 1. The normalized spacial score (nSPS) is 9.89. The summed E-state index contributed by atoms with van der Waals surface area (Å²) in [6, 6.07) is 14.7. The van der Waals surface area contributed by atoms with Gasteiger partial charge < -0.3 is 10.4 Å². The Morgan fingerprint density at radius 3 is 2.32 bits per heavy atom. The summed E-state index contributed by atoms with van der Waals surface area (Å²) in [7, 11) is 0. The maximum atomic E-state index is 11.8. The molecule has 4 heteroatoms. The summed E-state index contributed by atoms with van der Waals surface area (Å²) in [5.41, 5.74) is 0.875. The van der Waals surface area contributed by atoms with Crippen molar-refractivity contribution in [1.29, 1.82) is 0 Å². The van der Waals surface area contributed by atoms with Crippen molar-refractivity contribution in [3.63, 3.8) is 0 Å². The van der Waals surface area contributed by atoms with Gasteiger partial charge in [0.15, 0.2) is 5.78 Å². The van der Waals surface area contributed by atoms with E-state index in [0.717, 1.165) is 0 Å². The second-order valence-electron chi connectivity index (χ2n) is 4.02. The number of phenolic OH excluding ortho intramolecular Hbond substituents is 1. The second kappa shape index (κ2) is 5.82. The van der Waals surface area contributed by atoms with Crippen molar-refractivity contribution < 1.29 is 14.7 Å². The molecule has 0 spiro atoms. The summed E-state index contributed by atoms with van der Waals surface area (Å²) in [5.74, 6) is -0.531. The van der Waals surface area contributed by atoms with Crippen LogP contribution in [0.3, 0.4) is 0 Å². The number of hydrogen-bond donors (Lipinski definition) is 2. The highest BCUT2D eigenvalue weighted by atomic mass is 16.3. The first-order valence-corrected chi connectivity index (χ1v) is 5.82. The van der Waals surface area contributed by atoms with Crippen LogP contribution in [0.15, 0.2) is 54.6 Å². The number of carbonyl (C=O) groups excluding carboxylic acids is 2. The van der Waals surface area contributed by atoms with Crippen LogP contribution in [0.1, 0.15) is 20.7 Å². The standard InChI is InChI=1S/C15H13NO3/c17-13-8-4-7-12(9-13)15(19)16-10-14(18)11-5-2-1-3-6-11/h1-9,17H,10H2,(H,16,19). The molecule has 0 radical (unpaired) electrons. The van der Waals surface area contributed by atoms with E-state index in [1.165, 1.54) is 12.1 Å². The van der Waals surface area contributed by atoms with Crippen LogP contribution in [0.2, 0.25) is 0 Å². The van der Waals surface area contributed by atoms with E-state index in [1.54, 1.807) is 36.4 Å². The fourth-order valence-electron chi connectivity index (χ4n) is 1.64. The molecule has 0 unspecified atom stereocenters. The zero-order chi connectivity index (χ0) is 13.7. The number of carbonyl (C=O) groups is 2. The Morgan fingerprint density at radius 2 is 1.63 bits per heavy atom. The van der Waals surface area contributed by atoms with Gasteiger partial charge in [-0.25, -0.2) is 0 Å². The maximum Gasteiger partial charge on any atom is 0.251 e. The van der Waals surface area contributed by atoms with Crippen molar-refractivity contribution in [1.82, 2.24) is 5.32 Å². The van der Waals surface area contributed by atoms with Crippen LogP contribution in [0.5, 0.6) is 5.75 Å². The molecule has 2 N–H and O–H groups in total. The van der Waals surface area contributed by atoms with Gasteiger partial charge in [-0.15, -0.1) is 0 Å². The summed E-state index contributed by atoms with van der Waals surface area (Å²) in [6.45, 7) is -0.0709.